The summed E-state index contributed by atoms with van der Waals surface area (Å²) in [6, 6.07) is 0. The largest absolute Gasteiger partial charge is 0.378 e. The molecule has 0 aliphatic rings. The lowest BCUT2D eigenvalue weighted by atomic mass is 9.89. The predicted molar refractivity (Wildman–Crippen MR) is 34.3 cm³/mol. The van der Waals surface area contributed by atoms with Crippen molar-refractivity contribution in [3.63, 3.8) is 0 Å². The first-order valence-corrected chi connectivity index (χ1v) is 2.94. The highest BCUT2D eigenvalue weighted by Gasteiger charge is 2.21. The lowest BCUT2D eigenvalue weighted by Crippen LogP contribution is -2.36. The van der Waals surface area contributed by atoms with E-state index in [1.807, 2.05) is 20.8 Å². The van der Waals surface area contributed by atoms with Gasteiger partial charge in [-0.25, -0.2) is 0 Å². The number of nitrogens with two attached hydrogens (primary N) is 1. The van der Waals surface area contributed by atoms with Gasteiger partial charge in [0.05, 0.1) is 0 Å². The molecule has 0 aromatic rings. The molecule has 0 amide bonds. The zero-order valence-corrected chi connectivity index (χ0v) is 5.81. The van der Waals surface area contributed by atoms with Gasteiger partial charge in [-0.1, -0.05) is 20.8 Å². The second kappa shape index (κ2) is 2.46. The Labute approximate surface area is 50.7 Å². The molecule has 0 aromatic carbocycles. The highest BCUT2D eigenvalue weighted by atomic mass is 16.3. The van der Waals surface area contributed by atoms with E-state index in [2.05, 4.69) is 0 Å². The first kappa shape index (κ1) is 7.92. The van der Waals surface area contributed by atoms with Crippen LogP contribution in [0.3, 0.4) is 0 Å². The van der Waals surface area contributed by atoms with Crippen LogP contribution in [0.2, 0.25) is 0 Å². The smallest absolute Gasteiger partial charge is 0.107 e. The van der Waals surface area contributed by atoms with Crippen LogP contribution in [0.1, 0.15) is 27.2 Å². The second-order valence-corrected chi connectivity index (χ2v) is 2.79. The van der Waals surface area contributed by atoms with Gasteiger partial charge in [-0.3, -0.25) is 0 Å². The fourth-order valence-corrected chi connectivity index (χ4v) is 0.209. The van der Waals surface area contributed by atoms with Crippen molar-refractivity contribution < 1.29 is 5.11 Å². The van der Waals surface area contributed by atoms with E-state index in [4.69, 9.17) is 10.8 Å². The summed E-state index contributed by atoms with van der Waals surface area (Å²) in [7, 11) is 0. The van der Waals surface area contributed by atoms with Crippen LogP contribution in [0.15, 0.2) is 0 Å². The Kier molecular flexibility index (Phi) is 2.44. The molecule has 0 spiro atoms. The average Bonchev–Trinajstić information content (AvgIpc) is 1.67. The van der Waals surface area contributed by atoms with Crippen LogP contribution in [-0.2, 0) is 0 Å². The van der Waals surface area contributed by atoms with Crippen molar-refractivity contribution in [2.75, 3.05) is 0 Å². The summed E-state index contributed by atoms with van der Waals surface area (Å²) in [6.07, 6.45) is 0.220. The Morgan fingerprint density at radius 2 is 2.00 bits per heavy atom. The molecule has 0 aromatic heterocycles. The maximum Gasteiger partial charge on any atom is 0.107 e. The van der Waals surface area contributed by atoms with E-state index in [0.29, 0.717) is 0 Å². The zero-order valence-electron chi connectivity index (χ0n) is 5.81. The molecule has 0 aliphatic heterocycles. The Bertz CT molecular complexity index is 68.9. The molecular formula is C6H15NO. The first-order chi connectivity index (χ1) is 3.50. The summed E-state index contributed by atoms with van der Waals surface area (Å²) in [4.78, 5) is 0. The molecule has 0 aliphatic carbocycles. The molecule has 0 rings (SSSR count). The molecule has 3 N–H and O–H groups in total. The SMILES string of the molecule is CCC(C)(C)C(N)O. The molecule has 1 unspecified atom stereocenters. The fourth-order valence-electron chi connectivity index (χ4n) is 0.209. The average molecular weight is 117 g/mol. The highest BCUT2D eigenvalue weighted by Crippen LogP contribution is 2.20. The number of aliphatic hydroxyl groups is 1. The quantitative estimate of drug-likeness (QED) is 0.523. The van der Waals surface area contributed by atoms with Crippen LogP contribution in [0.25, 0.3) is 0 Å². The van der Waals surface area contributed by atoms with Crippen molar-refractivity contribution in [3.8, 4) is 0 Å². The van der Waals surface area contributed by atoms with Crippen molar-refractivity contribution in [2.24, 2.45) is 11.1 Å². The Morgan fingerprint density at radius 1 is 1.62 bits per heavy atom. The van der Waals surface area contributed by atoms with Crippen LogP contribution in [0, 0.1) is 5.41 Å². The van der Waals surface area contributed by atoms with Gasteiger partial charge in [0.15, 0.2) is 0 Å². The van der Waals surface area contributed by atoms with Crippen LogP contribution >= 0.6 is 0 Å². The number of aliphatic hydroxyl groups excluding tert-OH is 1. The summed E-state index contributed by atoms with van der Waals surface area (Å²) in [5.74, 6) is 0. The van der Waals surface area contributed by atoms with Crippen molar-refractivity contribution >= 4 is 0 Å². The van der Waals surface area contributed by atoms with Gasteiger partial charge in [0.25, 0.3) is 0 Å². The monoisotopic (exact) mass is 117 g/mol. The minimum atomic E-state index is -0.688. The van der Waals surface area contributed by atoms with Gasteiger partial charge in [0, 0.05) is 5.41 Å². The molecule has 0 bridgehead atoms. The van der Waals surface area contributed by atoms with E-state index in [1.165, 1.54) is 0 Å². The number of hydrogen-bond donors (Lipinski definition) is 2. The fraction of sp³-hybridized carbons (Fsp3) is 1.00. The van der Waals surface area contributed by atoms with E-state index in [0.717, 1.165) is 6.42 Å². The molecule has 0 saturated carbocycles. The van der Waals surface area contributed by atoms with Crippen molar-refractivity contribution in [1.29, 1.82) is 0 Å². The molecule has 0 saturated heterocycles. The molecule has 2 nitrogen and oxygen atoms in total. The topological polar surface area (TPSA) is 46.2 Å². The molecule has 2 heteroatoms. The summed E-state index contributed by atoms with van der Waals surface area (Å²) >= 11 is 0. The first-order valence-electron chi connectivity index (χ1n) is 2.94. The lowest BCUT2D eigenvalue weighted by molar-refractivity contribution is 0.0532. The maximum absolute atomic E-state index is 8.86. The summed E-state index contributed by atoms with van der Waals surface area (Å²) in [5.41, 5.74) is 5.11. The molecular weight excluding hydrogens is 102 g/mol. The molecule has 8 heavy (non-hydrogen) atoms. The number of rotatable bonds is 2. The maximum atomic E-state index is 8.86. The second-order valence-electron chi connectivity index (χ2n) is 2.79. The Morgan fingerprint density at radius 3 is 2.00 bits per heavy atom. The molecule has 1 atom stereocenters. The van der Waals surface area contributed by atoms with Crippen molar-refractivity contribution in [2.45, 2.75) is 33.4 Å². The molecule has 50 valence electrons. The lowest BCUT2D eigenvalue weighted by Gasteiger charge is -2.25. The van der Waals surface area contributed by atoms with Gasteiger partial charge in [0.2, 0.25) is 0 Å². The third-order valence-corrected chi connectivity index (χ3v) is 1.71. The normalized spacial score (nSPS) is 16.1. The van der Waals surface area contributed by atoms with Crippen molar-refractivity contribution in [3.05, 3.63) is 0 Å². The summed E-state index contributed by atoms with van der Waals surface area (Å²) in [5, 5.41) is 8.86. The summed E-state index contributed by atoms with van der Waals surface area (Å²) < 4.78 is 0. The minimum Gasteiger partial charge on any atom is -0.378 e. The van der Waals surface area contributed by atoms with Crippen LogP contribution in [0.5, 0.6) is 0 Å². The van der Waals surface area contributed by atoms with E-state index >= 15 is 0 Å². The van der Waals surface area contributed by atoms with Crippen LogP contribution < -0.4 is 5.73 Å². The summed E-state index contributed by atoms with van der Waals surface area (Å²) in [6.45, 7) is 5.89. The van der Waals surface area contributed by atoms with Crippen LogP contribution in [-0.4, -0.2) is 11.3 Å². The van der Waals surface area contributed by atoms with E-state index in [-0.39, 0.29) is 5.41 Å². The van der Waals surface area contributed by atoms with E-state index < -0.39 is 6.23 Å². The molecule has 0 fully saturated rings. The number of hydrogen-bond acceptors (Lipinski definition) is 2. The third-order valence-electron chi connectivity index (χ3n) is 1.71. The van der Waals surface area contributed by atoms with Gasteiger partial charge in [-0.05, 0) is 6.42 Å². The third kappa shape index (κ3) is 1.80. The Hall–Kier alpha value is -0.0800. The standard InChI is InChI=1S/C6H15NO/c1-4-6(2,3)5(7)8/h5,8H,4,7H2,1-3H3. The van der Waals surface area contributed by atoms with Gasteiger partial charge < -0.3 is 10.8 Å². The molecule has 0 radical (unpaired) electrons. The van der Waals surface area contributed by atoms with Gasteiger partial charge in [-0.2, -0.15) is 0 Å². The van der Waals surface area contributed by atoms with Gasteiger partial charge >= 0.3 is 0 Å². The zero-order chi connectivity index (χ0) is 6.78. The van der Waals surface area contributed by atoms with Crippen LogP contribution in [0.4, 0.5) is 0 Å². The molecule has 0 heterocycles. The minimum absolute atomic E-state index is 0.125. The van der Waals surface area contributed by atoms with Gasteiger partial charge in [-0.15, -0.1) is 0 Å². The van der Waals surface area contributed by atoms with E-state index in [1.54, 1.807) is 0 Å². The highest BCUT2D eigenvalue weighted by molar-refractivity contribution is 4.70. The van der Waals surface area contributed by atoms with E-state index in [9.17, 15) is 0 Å². The predicted octanol–water partition coefficient (Wildman–Crippen LogP) is 0.700. The van der Waals surface area contributed by atoms with Crippen molar-refractivity contribution in [1.82, 2.24) is 0 Å². The van der Waals surface area contributed by atoms with Gasteiger partial charge in [0.1, 0.15) is 6.23 Å². The Balaban J connectivity index is 3.71.